The summed E-state index contributed by atoms with van der Waals surface area (Å²) < 4.78 is 9.95. The molecule has 0 amide bonds. The molecule has 0 unspecified atom stereocenters. The fourth-order valence-corrected chi connectivity index (χ4v) is 2.93. The number of aliphatic imine (C=N–C) groups is 1. The van der Waals surface area contributed by atoms with Crippen LogP contribution in [0.5, 0.6) is 0 Å². The molecule has 0 aromatic heterocycles. The standard InChI is InChI=1S/C18H27N3O3.HI/c1-19-18(21-10-8-16(9-11-21)17(22)24-3)20-12-14-4-6-15(7-5-14)13-23-2;/h4-7,16H,8-13H2,1-3H3,(H,19,20);1H. The molecule has 1 fully saturated rings. The van der Waals surface area contributed by atoms with E-state index in [2.05, 4.69) is 39.5 Å². The van der Waals surface area contributed by atoms with E-state index in [1.54, 1.807) is 14.2 Å². The number of esters is 1. The van der Waals surface area contributed by atoms with Gasteiger partial charge in [0.1, 0.15) is 0 Å². The first-order chi connectivity index (χ1) is 11.7. The molecule has 2 rings (SSSR count). The minimum Gasteiger partial charge on any atom is -0.469 e. The number of nitrogens with one attached hydrogen (secondary N) is 1. The number of methoxy groups -OCH3 is 2. The van der Waals surface area contributed by atoms with Crippen molar-refractivity contribution < 1.29 is 14.3 Å². The third-order valence-electron chi connectivity index (χ3n) is 4.33. The minimum absolute atomic E-state index is 0. The Hall–Kier alpha value is -1.35. The molecule has 0 radical (unpaired) electrons. The van der Waals surface area contributed by atoms with E-state index in [0.29, 0.717) is 6.61 Å². The van der Waals surface area contributed by atoms with Crippen molar-refractivity contribution in [1.82, 2.24) is 10.2 Å². The molecule has 1 heterocycles. The van der Waals surface area contributed by atoms with Crippen LogP contribution in [-0.4, -0.2) is 51.2 Å². The second-order valence-corrected chi connectivity index (χ2v) is 5.93. The minimum atomic E-state index is -0.103. The summed E-state index contributed by atoms with van der Waals surface area (Å²) >= 11 is 0. The number of hydrogen-bond acceptors (Lipinski definition) is 4. The molecule has 0 aliphatic carbocycles. The van der Waals surface area contributed by atoms with Crippen LogP contribution >= 0.6 is 24.0 Å². The number of piperidine rings is 1. The van der Waals surface area contributed by atoms with E-state index in [9.17, 15) is 4.79 Å². The Kier molecular flexibility index (Phi) is 9.81. The summed E-state index contributed by atoms with van der Waals surface area (Å²) in [5, 5.41) is 3.39. The average molecular weight is 461 g/mol. The highest BCUT2D eigenvalue weighted by Gasteiger charge is 2.26. The predicted molar refractivity (Wildman–Crippen MR) is 109 cm³/mol. The number of halogens is 1. The van der Waals surface area contributed by atoms with Crippen molar-refractivity contribution in [2.24, 2.45) is 10.9 Å². The second-order valence-electron chi connectivity index (χ2n) is 5.93. The lowest BCUT2D eigenvalue weighted by molar-refractivity contribution is -0.146. The molecule has 1 aliphatic rings. The van der Waals surface area contributed by atoms with E-state index in [1.807, 2.05) is 0 Å². The highest BCUT2D eigenvalue weighted by molar-refractivity contribution is 14.0. The lowest BCUT2D eigenvalue weighted by atomic mass is 9.97. The first-order valence-electron chi connectivity index (χ1n) is 8.28. The van der Waals surface area contributed by atoms with Crippen LogP contribution in [0, 0.1) is 5.92 Å². The smallest absolute Gasteiger partial charge is 0.308 e. The molecular weight excluding hydrogens is 433 g/mol. The van der Waals surface area contributed by atoms with Gasteiger partial charge in [-0.3, -0.25) is 9.79 Å². The zero-order chi connectivity index (χ0) is 17.4. The zero-order valence-electron chi connectivity index (χ0n) is 15.2. The Morgan fingerprint density at radius 2 is 1.80 bits per heavy atom. The number of nitrogens with zero attached hydrogens (tertiary/aromatic N) is 2. The molecule has 0 bridgehead atoms. The van der Waals surface area contributed by atoms with Gasteiger partial charge in [0.05, 0.1) is 19.6 Å². The molecule has 1 aromatic rings. The van der Waals surface area contributed by atoms with Gasteiger partial charge in [-0.05, 0) is 24.0 Å². The van der Waals surface area contributed by atoms with Crippen molar-refractivity contribution in [3.05, 3.63) is 35.4 Å². The van der Waals surface area contributed by atoms with Crippen LogP contribution in [0.4, 0.5) is 0 Å². The maximum Gasteiger partial charge on any atom is 0.308 e. The third-order valence-corrected chi connectivity index (χ3v) is 4.33. The van der Waals surface area contributed by atoms with Gasteiger partial charge in [-0.25, -0.2) is 0 Å². The summed E-state index contributed by atoms with van der Waals surface area (Å²) in [5.74, 6) is 0.783. The molecule has 7 heteroatoms. The van der Waals surface area contributed by atoms with Crippen LogP contribution in [-0.2, 0) is 27.4 Å². The van der Waals surface area contributed by atoms with Crippen LogP contribution in [0.15, 0.2) is 29.3 Å². The molecule has 25 heavy (non-hydrogen) atoms. The number of carbonyl (C=O) groups is 1. The number of ether oxygens (including phenoxy) is 2. The number of hydrogen-bond donors (Lipinski definition) is 1. The Bertz CT molecular complexity index is 555. The van der Waals surface area contributed by atoms with E-state index in [0.717, 1.165) is 44.0 Å². The lowest BCUT2D eigenvalue weighted by Crippen LogP contribution is -2.46. The lowest BCUT2D eigenvalue weighted by Gasteiger charge is -2.33. The van der Waals surface area contributed by atoms with Gasteiger partial charge in [0, 0.05) is 33.8 Å². The number of rotatable bonds is 5. The maximum atomic E-state index is 11.6. The van der Waals surface area contributed by atoms with E-state index < -0.39 is 0 Å². The molecule has 1 aromatic carbocycles. The molecular formula is C18H28IN3O3. The van der Waals surface area contributed by atoms with E-state index in [1.165, 1.54) is 12.7 Å². The zero-order valence-corrected chi connectivity index (χ0v) is 17.5. The van der Waals surface area contributed by atoms with Crippen molar-refractivity contribution in [1.29, 1.82) is 0 Å². The summed E-state index contributed by atoms with van der Waals surface area (Å²) in [4.78, 5) is 18.2. The quantitative estimate of drug-likeness (QED) is 0.316. The second kappa shape index (κ2) is 11.3. The third kappa shape index (κ3) is 6.47. The first-order valence-corrected chi connectivity index (χ1v) is 8.28. The molecule has 1 N–H and O–H groups in total. The van der Waals surface area contributed by atoms with Crippen LogP contribution in [0.2, 0.25) is 0 Å². The fourth-order valence-electron chi connectivity index (χ4n) is 2.93. The van der Waals surface area contributed by atoms with Crippen molar-refractivity contribution in [3.8, 4) is 0 Å². The van der Waals surface area contributed by atoms with Gasteiger partial charge in [-0.2, -0.15) is 0 Å². The number of benzene rings is 1. The number of guanidine groups is 1. The molecule has 0 saturated carbocycles. The number of carbonyl (C=O) groups excluding carboxylic acids is 1. The predicted octanol–water partition coefficient (Wildman–Crippen LogP) is 2.41. The summed E-state index contributed by atoms with van der Waals surface area (Å²) in [6, 6.07) is 8.34. The normalized spacial score (nSPS) is 15.5. The van der Waals surface area contributed by atoms with Crippen molar-refractivity contribution in [2.75, 3.05) is 34.4 Å². The van der Waals surface area contributed by atoms with Crippen molar-refractivity contribution >= 4 is 35.9 Å². The summed E-state index contributed by atoms with van der Waals surface area (Å²) in [6.45, 7) is 2.97. The van der Waals surface area contributed by atoms with Gasteiger partial charge in [0.15, 0.2) is 5.96 Å². The fraction of sp³-hybridized carbons (Fsp3) is 0.556. The van der Waals surface area contributed by atoms with Crippen LogP contribution in [0.1, 0.15) is 24.0 Å². The Morgan fingerprint density at radius 1 is 1.20 bits per heavy atom. The van der Waals surface area contributed by atoms with Gasteiger partial charge in [0.2, 0.25) is 0 Å². The Labute approximate surface area is 167 Å². The molecule has 140 valence electrons. The topological polar surface area (TPSA) is 63.2 Å². The highest BCUT2D eigenvalue weighted by Crippen LogP contribution is 2.18. The van der Waals surface area contributed by atoms with Gasteiger partial charge in [0.25, 0.3) is 0 Å². The number of likely N-dealkylation sites (tertiary alicyclic amines) is 1. The van der Waals surface area contributed by atoms with Gasteiger partial charge < -0.3 is 19.7 Å². The molecule has 1 aliphatic heterocycles. The monoisotopic (exact) mass is 461 g/mol. The molecule has 1 saturated heterocycles. The summed E-state index contributed by atoms with van der Waals surface area (Å²) in [5.41, 5.74) is 2.36. The Morgan fingerprint density at radius 3 is 2.32 bits per heavy atom. The van der Waals surface area contributed by atoms with E-state index >= 15 is 0 Å². The van der Waals surface area contributed by atoms with Crippen molar-refractivity contribution in [3.63, 3.8) is 0 Å². The van der Waals surface area contributed by atoms with Crippen LogP contribution in [0.3, 0.4) is 0 Å². The van der Waals surface area contributed by atoms with Gasteiger partial charge in [-0.15, -0.1) is 24.0 Å². The summed E-state index contributed by atoms with van der Waals surface area (Å²) in [6.07, 6.45) is 1.61. The van der Waals surface area contributed by atoms with Crippen LogP contribution < -0.4 is 5.32 Å². The SMILES string of the molecule is CN=C(NCc1ccc(COC)cc1)N1CCC(C(=O)OC)CC1.I. The molecule has 0 spiro atoms. The largest absolute Gasteiger partial charge is 0.469 e. The van der Waals surface area contributed by atoms with Gasteiger partial charge >= 0.3 is 5.97 Å². The van der Waals surface area contributed by atoms with Crippen molar-refractivity contribution in [2.45, 2.75) is 26.0 Å². The van der Waals surface area contributed by atoms with Crippen LogP contribution in [0.25, 0.3) is 0 Å². The van der Waals surface area contributed by atoms with E-state index in [-0.39, 0.29) is 35.9 Å². The highest BCUT2D eigenvalue weighted by atomic mass is 127. The maximum absolute atomic E-state index is 11.6. The van der Waals surface area contributed by atoms with Gasteiger partial charge in [-0.1, -0.05) is 24.3 Å². The van der Waals surface area contributed by atoms with E-state index in [4.69, 9.17) is 9.47 Å². The Balaban J connectivity index is 0.00000312. The molecule has 0 atom stereocenters. The first kappa shape index (κ1) is 21.7. The summed E-state index contributed by atoms with van der Waals surface area (Å²) in [7, 11) is 4.94. The average Bonchev–Trinajstić information content (AvgIpc) is 2.63. The molecule has 6 nitrogen and oxygen atoms in total.